The van der Waals surface area contributed by atoms with E-state index in [1.165, 1.54) is 20.3 Å². The molecule has 0 aromatic heterocycles. The first-order valence-corrected chi connectivity index (χ1v) is 6.02. The number of ether oxygens (including phenoxy) is 2. The summed E-state index contributed by atoms with van der Waals surface area (Å²) in [5, 5.41) is 3.22. The molecule has 1 N–H and O–H groups in total. The van der Waals surface area contributed by atoms with Gasteiger partial charge in [-0.15, -0.1) is 0 Å². The fraction of sp³-hybridized carbons (Fsp3) is 0.538. The molecule has 0 spiro atoms. The quantitative estimate of drug-likeness (QED) is 0.903. The van der Waals surface area contributed by atoms with Crippen molar-refractivity contribution in [1.29, 1.82) is 0 Å². The summed E-state index contributed by atoms with van der Waals surface area (Å²) >= 11 is 0. The topological polar surface area (TPSA) is 30.5 Å². The van der Waals surface area contributed by atoms with Crippen LogP contribution < -0.4 is 14.8 Å². The number of rotatable bonds is 3. The van der Waals surface area contributed by atoms with Crippen molar-refractivity contribution >= 4 is 0 Å². The predicted octanol–water partition coefficient (Wildman–Crippen LogP) is 2.80. The number of nitrogens with one attached hydrogen (secondary N) is 1. The second-order valence-electron chi connectivity index (χ2n) is 4.33. The van der Waals surface area contributed by atoms with Gasteiger partial charge < -0.3 is 14.8 Å². The summed E-state index contributed by atoms with van der Waals surface area (Å²) in [6.45, 7) is 0.839. The van der Waals surface area contributed by atoms with Gasteiger partial charge >= 0.3 is 0 Å². The molecule has 100 valence electrons. The minimum absolute atomic E-state index is 0.00984. The van der Waals surface area contributed by atoms with E-state index in [-0.39, 0.29) is 17.5 Å². The van der Waals surface area contributed by atoms with E-state index in [4.69, 9.17) is 9.47 Å². The van der Waals surface area contributed by atoms with Crippen molar-refractivity contribution < 1.29 is 18.3 Å². The van der Waals surface area contributed by atoms with Crippen molar-refractivity contribution in [3.8, 4) is 11.5 Å². The van der Waals surface area contributed by atoms with Crippen LogP contribution in [0.15, 0.2) is 6.07 Å². The van der Waals surface area contributed by atoms with Crippen molar-refractivity contribution in [3.05, 3.63) is 23.3 Å². The molecule has 0 radical (unpaired) electrons. The fourth-order valence-electron chi connectivity index (χ4n) is 2.31. The minimum Gasteiger partial charge on any atom is -0.494 e. The lowest BCUT2D eigenvalue weighted by Crippen LogP contribution is -2.27. The number of halogens is 2. The third kappa shape index (κ3) is 2.27. The van der Waals surface area contributed by atoms with Gasteiger partial charge in [0.25, 0.3) is 0 Å². The molecule has 1 heterocycles. The maximum Gasteiger partial charge on any atom is 0.209 e. The van der Waals surface area contributed by atoms with Gasteiger partial charge in [-0.1, -0.05) is 6.42 Å². The Hall–Kier alpha value is -1.36. The lowest BCUT2D eigenvalue weighted by molar-refractivity contribution is 0.323. The van der Waals surface area contributed by atoms with E-state index < -0.39 is 11.6 Å². The number of piperidine rings is 1. The molecule has 0 aliphatic carbocycles. The molecule has 0 bridgehead atoms. The first kappa shape index (κ1) is 13.1. The summed E-state index contributed by atoms with van der Waals surface area (Å²) in [6, 6.07) is 1.30. The normalized spacial score (nSPS) is 19.7. The number of benzene rings is 1. The van der Waals surface area contributed by atoms with Gasteiger partial charge in [0.1, 0.15) is 0 Å². The highest BCUT2D eigenvalue weighted by molar-refractivity contribution is 5.43. The monoisotopic (exact) mass is 257 g/mol. The molecule has 1 saturated heterocycles. The fourth-order valence-corrected chi connectivity index (χ4v) is 2.31. The molecule has 5 heteroatoms. The Kier molecular flexibility index (Phi) is 4.01. The Morgan fingerprint density at radius 2 is 1.94 bits per heavy atom. The van der Waals surface area contributed by atoms with Crippen LogP contribution in [-0.4, -0.2) is 20.8 Å². The summed E-state index contributed by atoms with van der Waals surface area (Å²) in [5.41, 5.74) is 0.407. The van der Waals surface area contributed by atoms with Crippen LogP contribution in [0.2, 0.25) is 0 Å². The second-order valence-corrected chi connectivity index (χ2v) is 4.33. The average Bonchev–Trinajstić information content (AvgIpc) is 2.41. The van der Waals surface area contributed by atoms with Gasteiger partial charge in [0, 0.05) is 11.6 Å². The van der Waals surface area contributed by atoms with Crippen molar-refractivity contribution in [2.24, 2.45) is 0 Å². The van der Waals surface area contributed by atoms with E-state index in [0.29, 0.717) is 5.56 Å². The zero-order valence-corrected chi connectivity index (χ0v) is 10.6. The van der Waals surface area contributed by atoms with Gasteiger partial charge in [-0.3, -0.25) is 0 Å². The minimum atomic E-state index is -0.794. The highest BCUT2D eigenvalue weighted by atomic mass is 19.1. The van der Waals surface area contributed by atoms with E-state index in [0.717, 1.165) is 25.8 Å². The smallest absolute Gasteiger partial charge is 0.209 e. The Morgan fingerprint density at radius 1 is 1.17 bits per heavy atom. The van der Waals surface area contributed by atoms with Crippen LogP contribution in [0.3, 0.4) is 0 Å². The molecule has 2 rings (SSSR count). The largest absolute Gasteiger partial charge is 0.494 e. The molecule has 3 nitrogen and oxygen atoms in total. The maximum absolute atomic E-state index is 14.2. The van der Waals surface area contributed by atoms with Gasteiger partial charge in [-0.25, -0.2) is 4.39 Å². The Morgan fingerprint density at radius 3 is 2.50 bits per heavy atom. The van der Waals surface area contributed by atoms with Gasteiger partial charge in [0.15, 0.2) is 17.3 Å². The van der Waals surface area contributed by atoms with E-state index in [2.05, 4.69) is 5.32 Å². The number of methoxy groups -OCH3 is 2. The first-order valence-electron chi connectivity index (χ1n) is 6.02. The molecule has 1 aliphatic rings. The van der Waals surface area contributed by atoms with Crippen molar-refractivity contribution in [3.63, 3.8) is 0 Å². The first-order chi connectivity index (χ1) is 8.69. The molecule has 1 unspecified atom stereocenters. The maximum atomic E-state index is 14.2. The Labute approximate surface area is 105 Å². The van der Waals surface area contributed by atoms with Crippen molar-refractivity contribution in [1.82, 2.24) is 5.32 Å². The van der Waals surface area contributed by atoms with E-state index in [1.807, 2.05) is 0 Å². The van der Waals surface area contributed by atoms with Crippen molar-refractivity contribution in [2.75, 3.05) is 20.8 Å². The molecule has 1 aliphatic heterocycles. The van der Waals surface area contributed by atoms with Gasteiger partial charge in [-0.05, 0) is 25.5 Å². The predicted molar refractivity (Wildman–Crippen MR) is 64.1 cm³/mol. The standard InChI is InChI=1S/C13H17F2NO2/c1-17-10-7-8(9-5-3-4-6-16-9)11(14)13(18-2)12(10)15/h7,9,16H,3-6H2,1-2H3. The molecule has 0 amide bonds. The average molecular weight is 257 g/mol. The highest BCUT2D eigenvalue weighted by Crippen LogP contribution is 2.36. The molecular formula is C13H17F2NO2. The van der Waals surface area contributed by atoms with Crippen LogP contribution in [0.5, 0.6) is 11.5 Å². The van der Waals surface area contributed by atoms with Crippen LogP contribution in [0.25, 0.3) is 0 Å². The summed E-state index contributed by atoms with van der Waals surface area (Å²) in [4.78, 5) is 0. The molecule has 1 fully saturated rings. The van der Waals surface area contributed by atoms with Crippen LogP contribution >= 0.6 is 0 Å². The summed E-state index contributed by atoms with van der Waals surface area (Å²) in [7, 11) is 2.60. The summed E-state index contributed by atoms with van der Waals surface area (Å²) in [5.74, 6) is -1.81. The third-order valence-corrected chi connectivity index (χ3v) is 3.26. The van der Waals surface area contributed by atoms with E-state index >= 15 is 0 Å². The molecular weight excluding hydrogens is 240 g/mol. The van der Waals surface area contributed by atoms with Crippen LogP contribution in [0.4, 0.5) is 8.78 Å². The summed E-state index contributed by atoms with van der Waals surface area (Å²) < 4.78 is 37.7. The van der Waals surface area contributed by atoms with Crippen LogP contribution in [0, 0.1) is 11.6 Å². The van der Waals surface area contributed by atoms with Gasteiger partial charge in [-0.2, -0.15) is 4.39 Å². The zero-order chi connectivity index (χ0) is 13.1. The molecule has 1 aromatic carbocycles. The molecule has 1 atom stereocenters. The van der Waals surface area contributed by atoms with Gasteiger partial charge in [0.05, 0.1) is 14.2 Å². The molecule has 1 aromatic rings. The van der Waals surface area contributed by atoms with Crippen molar-refractivity contribution in [2.45, 2.75) is 25.3 Å². The summed E-state index contributed by atoms with van der Waals surface area (Å²) in [6.07, 6.45) is 2.93. The highest BCUT2D eigenvalue weighted by Gasteiger charge is 2.25. The SMILES string of the molecule is COc1cc(C2CCCCN2)c(F)c(OC)c1F. The number of hydrogen-bond acceptors (Lipinski definition) is 3. The van der Waals surface area contributed by atoms with E-state index in [9.17, 15) is 8.78 Å². The molecule has 0 saturated carbocycles. The third-order valence-electron chi connectivity index (χ3n) is 3.26. The van der Waals surface area contributed by atoms with E-state index in [1.54, 1.807) is 0 Å². The lowest BCUT2D eigenvalue weighted by atomic mass is 9.96. The Balaban J connectivity index is 2.45. The lowest BCUT2D eigenvalue weighted by Gasteiger charge is -2.25. The zero-order valence-electron chi connectivity index (χ0n) is 10.6. The molecule has 18 heavy (non-hydrogen) atoms. The second kappa shape index (κ2) is 5.52. The van der Waals surface area contributed by atoms with Gasteiger partial charge in [0.2, 0.25) is 5.82 Å². The number of hydrogen-bond donors (Lipinski definition) is 1. The van der Waals surface area contributed by atoms with Crippen LogP contribution in [-0.2, 0) is 0 Å². The van der Waals surface area contributed by atoms with Crippen LogP contribution in [0.1, 0.15) is 30.9 Å². The Bertz CT molecular complexity index is 431.